The monoisotopic (exact) mass is 410 g/mol. The molecule has 1 aliphatic heterocycles. The first-order chi connectivity index (χ1) is 14.2. The average molecular weight is 410 g/mol. The zero-order valence-corrected chi connectivity index (χ0v) is 17.5. The molecule has 6 heteroatoms. The van der Waals surface area contributed by atoms with Crippen LogP contribution in [0.3, 0.4) is 0 Å². The van der Waals surface area contributed by atoms with Gasteiger partial charge in [0.05, 0.1) is 6.42 Å². The van der Waals surface area contributed by atoms with Crippen LogP contribution < -0.4 is 9.47 Å². The second-order valence-electron chi connectivity index (χ2n) is 8.19. The first kappa shape index (κ1) is 21.6. The fraction of sp³-hybridized carbons (Fsp3) is 0.375. The Labute approximate surface area is 176 Å². The molecule has 0 atom stereocenters. The lowest BCUT2D eigenvalue weighted by Gasteiger charge is -2.19. The summed E-state index contributed by atoms with van der Waals surface area (Å²) in [5, 5.41) is 0. The van der Waals surface area contributed by atoms with Gasteiger partial charge in [-0.2, -0.15) is 0 Å². The highest BCUT2D eigenvalue weighted by Gasteiger charge is 2.18. The van der Waals surface area contributed by atoms with Crippen molar-refractivity contribution in [2.45, 2.75) is 39.0 Å². The summed E-state index contributed by atoms with van der Waals surface area (Å²) in [4.78, 5) is 36.5. The highest BCUT2D eigenvalue weighted by atomic mass is 16.6. The van der Waals surface area contributed by atoms with Crippen molar-refractivity contribution >= 4 is 17.5 Å². The molecule has 0 aromatic heterocycles. The van der Waals surface area contributed by atoms with Gasteiger partial charge in [-0.05, 0) is 29.2 Å². The quantitative estimate of drug-likeness (QED) is 0.504. The Morgan fingerprint density at radius 1 is 0.833 bits per heavy atom. The van der Waals surface area contributed by atoms with E-state index < -0.39 is 5.97 Å². The molecule has 0 N–H and O–H groups in total. The van der Waals surface area contributed by atoms with Crippen LogP contribution in [0.2, 0.25) is 0 Å². The summed E-state index contributed by atoms with van der Waals surface area (Å²) in [5.74, 6) is 0.0690. The molecule has 0 amide bonds. The Bertz CT molecular complexity index is 937. The zero-order chi connectivity index (χ0) is 21.7. The van der Waals surface area contributed by atoms with Crippen molar-refractivity contribution in [2.75, 3.05) is 19.8 Å². The molecule has 0 saturated heterocycles. The smallest absolute Gasteiger partial charge is 0.306 e. The molecule has 0 fully saturated rings. The van der Waals surface area contributed by atoms with Gasteiger partial charge in [-0.15, -0.1) is 0 Å². The van der Waals surface area contributed by atoms with Crippen molar-refractivity contribution in [3.8, 4) is 11.5 Å². The van der Waals surface area contributed by atoms with Crippen LogP contribution in [0.15, 0.2) is 42.5 Å². The van der Waals surface area contributed by atoms with E-state index in [1.165, 1.54) is 0 Å². The first-order valence-electron chi connectivity index (χ1n) is 9.96. The molecule has 2 aromatic carbocycles. The maximum Gasteiger partial charge on any atom is 0.306 e. The highest BCUT2D eigenvalue weighted by Crippen LogP contribution is 2.31. The minimum atomic E-state index is -0.583. The molecular weight excluding hydrogens is 384 g/mol. The normalized spacial score (nSPS) is 12.9. The minimum absolute atomic E-state index is 0.00220. The molecule has 0 unspecified atom stereocenters. The number of benzene rings is 2. The Hall–Kier alpha value is -3.15. The van der Waals surface area contributed by atoms with Gasteiger partial charge in [0.2, 0.25) is 0 Å². The second-order valence-corrected chi connectivity index (χ2v) is 8.19. The number of hydrogen-bond donors (Lipinski definition) is 0. The molecule has 1 aliphatic rings. The molecule has 30 heavy (non-hydrogen) atoms. The number of rotatable bonds is 7. The topological polar surface area (TPSA) is 78.9 Å². The standard InChI is InChI=1S/C24H26O6/c1-24(2,3)18-7-4-16(5-8-18)20(26)15-30-23(27)11-9-19(25)17-6-10-21-22(14-17)29-13-12-28-21/h4-8,10,14H,9,11-13,15H2,1-3H3. The van der Waals surface area contributed by atoms with E-state index in [0.29, 0.717) is 35.8 Å². The van der Waals surface area contributed by atoms with Crippen molar-refractivity contribution in [2.24, 2.45) is 0 Å². The highest BCUT2D eigenvalue weighted by molar-refractivity contribution is 5.99. The second kappa shape index (κ2) is 9.11. The van der Waals surface area contributed by atoms with E-state index in [2.05, 4.69) is 20.8 Å². The van der Waals surface area contributed by atoms with Gasteiger partial charge in [0, 0.05) is 17.5 Å². The van der Waals surface area contributed by atoms with E-state index in [0.717, 1.165) is 5.56 Å². The molecule has 0 saturated carbocycles. The van der Waals surface area contributed by atoms with Gasteiger partial charge in [0.1, 0.15) is 13.2 Å². The Kier molecular flexibility index (Phi) is 6.55. The first-order valence-corrected chi connectivity index (χ1v) is 9.96. The molecule has 0 spiro atoms. The number of hydrogen-bond acceptors (Lipinski definition) is 6. The van der Waals surface area contributed by atoms with Crippen molar-refractivity contribution in [1.29, 1.82) is 0 Å². The third-order valence-corrected chi connectivity index (χ3v) is 4.86. The Morgan fingerprint density at radius 2 is 1.47 bits per heavy atom. The fourth-order valence-corrected chi connectivity index (χ4v) is 3.03. The number of ether oxygens (including phenoxy) is 3. The summed E-state index contributed by atoms with van der Waals surface area (Å²) in [6.07, 6.45) is -0.101. The van der Waals surface area contributed by atoms with Crippen LogP contribution in [0, 0.1) is 0 Å². The van der Waals surface area contributed by atoms with E-state index in [1.54, 1.807) is 30.3 Å². The largest absolute Gasteiger partial charge is 0.486 e. The summed E-state index contributed by atoms with van der Waals surface area (Å²) in [6.45, 7) is 6.86. The van der Waals surface area contributed by atoms with Crippen LogP contribution in [-0.4, -0.2) is 37.4 Å². The lowest BCUT2D eigenvalue weighted by atomic mass is 9.86. The number of carbonyl (C=O) groups excluding carboxylic acids is 3. The maximum absolute atomic E-state index is 12.3. The van der Waals surface area contributed by atoms with Crippen LogP contribution >= 0.6 is 0 Å². The van der Waals surface area contributed by atoms with Gasteiger partial charge in [-0.25, -0.2) is 0 Å². The lowest BCUT2D eigenvalue weighted by molar-refractivity contribution is -0.142. The predicted octanol–water partition coefficient (Wildman–Crippen LogP) is 4.14. The molecular formula is C24H26O6. The fourth-order valence-electron chi connectivity index (χ4n) is 3.03. The summed E-state index contributed by atoms with van der Waals surface area (Å²) in [5.41, 5.74) is 2.05. The predicted molar refractivity (Wildman–Crippen MR) is 111 cm³/mol. The molecule has 158 valence electrons. The Balaban J connectivity index is 1.46. The third-order valence-electron chi connectivity index (χ3n) is 4.86. The van der Waals surface area contributed by atoms with Gasteiger partial charge in [-0.3, -0.25) is 14.4 Å². The van der Waals surface area contributed by atoms with Crippen LogP contribution in [0.1, 0.15) is 59.9 Å². The number of ketones is 2. The molecule has 3 rings (SSSR count). The van der Waals surface area contributed by atoms with E-state index in [-0.39, 0.29) is 36.4 Å². The van der Waals surface area contributed by atoms with Gasteiger partial charge < -0.3 is 14.2 Å². The number of esters is 1. The Morgan fingerprint density at radius 3 is 2.13 bits per heavy atom. The molecule has 0 radical (unpaired) electrons. The van der Waals surface area contributed by atoms with Crippen molar-refractivity contribution in [3.05, 3.63) is 59.2 Å². The van der Waals surface area contributed by atoms with E-state index in [4.69, 9.17) is 14.2 Å². The zero-order valence-electron chi connectivity index (χ0n) is 17.5. The minimum Gasteiger partial charge on any atom is -0.486 e. The summed E-state index contributed by atoms with van der Waals surface area (Å²) in [6, 6.07) is 12.2. The molecule has 6 nitrogen and oxygen atoms in total. The lowest BCUT2D eigenvalue weighted by Crippen LogP contribution is -2.17. The van der Waals surface area contributed by atoms with E-state index in [1.807, 2.05) is 12.1 Å². The summed E-state index contributed by atoms with van der Waals surface area (Å²) < 4.78 is 15.9. The van der Waals surface area contributed by atoms with Crippen molar-refractivity contribution < 1.29 is 28.6 Å². The number of Topliss-reactive ketones (excluding diaryl/α,β-unsaturated/α-hetero) is 2. The van der Waals surface area contributed by atoms with Crippen molar-refractivity contribution in [1.82, 2.24) is 0 Å². The van der Waals surface area contributed by atoms with Gasteiger partial charge in [0.15, 0.2) is 29.7 Å². The molecule has 1 heterocycles. The van der Waals surface area contributed by atoms with Crippen LogP contribution in [0.5, 0.6) is 11.5 Å². The van der Waals surface area contributed by atoms with Gasteiger partial charge >= 0.3 is 5.97 Å². The third kappa shape index (κ3) is 5.47. The molecule has 0 bridgehead atoms. The molecule has 2 aromatic rings. The number of carbonyl (C=O) groups is 3. The SMILES string of the molecule is CC(C)(C)c1ccc(C(=O)COC(=O)CCC(=O)c2ccc3c(c2)OCCO3)cc1. The van der Waals surface area contributed by atoms with E-state index in [9.17, 15) is 14.4 Å². The van der Waals surface area contributed by atoms with E-state index >= 15 is 0 Å². The van der Waals surface area contributed by atoms with Crippen LogP contribution in [-0.2, 0) is 14.9 Å². The van der Waals surface area contributed by atoms with Crippen LogP contribution in [0.4, 0.5) is 0 Å². The van der Waals surface area contributed by atoms with Gasteiger partial charge in [0.25, 0.3) is 0 Å². The molecule has 0 aliphatic carbocycles. The summed E-state index contributed by atoms with van der Waals surface area (Å²) in [7, 11) is 0. The van der Waals surface area contributed by atoms with Crippen LogP contribution in [0.25, 0.3) is 0 Å². The van der Waals surface area contributed by atoms with Gasteiger partial charge in [-0.1, -0.05) is 45.0 Å². The van der Waals surface area contributed by atoms with Crippen molar-refractivity contribution in [3.63, 3.8) is 0 Å². The maximum atomic E-state index is 12.3. The summed E-state index contributed by atoms with van der Waals surface area (Å²) >= 11 is 0. The number of fused-ring (bicyclic) bond motifs is 1. The average Bonchev–Trinajstić information content (AvgIpc) is 2.74.